The fraction of sp³-hybridized carbons (Fsp3) is 0.200. The molecule has 2 N–H and O–H groups in total. The molecule has 0 radical (unpaired) electrons. The fourth-order valence-corrected chi connectivity index (χ4v) is 1.89. The van der Waals surface area contributed by atoms with Crippen molar-refractivity contribution >= 4 is 22.9 Å². The average Bonchev–Trinajstić information content (AvgIpc) is 2.76. The van der Waals surface area contributed by atoms with E-state index in [1.807, 2.05) is 24.3 Å². The van der Waals surface area contributed by atoms with Crippen molar-refractivity contribution in [2.45, 2.75) is 13.2 Å². The predicted octanol–water partition coefficient (Wildman–Crippen LogP) is 2.23. The lowest BCUT2D eigenvalue weighted by atomic mass is 10.2. The maximum absolute atomic E-state index is 5.99. The van der Waals surface area contributed by atoms with Gasteiger partial charge in [0, 0.05) is 17.1 Å². The Morgan fingerprint density at radius 3 is 2.81 bits per heavy atom. The van der Waals surface area contributed by atoms with E-state index < -0.39 is 0 Å². The molecule has 0 bridgehead atoms. The second kappa shape index (κ2) is 5.25. The molecule has 0 aliphatic carbocycles. The van der Waals surface area contributed by atoms with Gasteiger partial charge in [0.2, 0.25) is 0 Å². The van der Waals surface area contributed by atoms with Crippen LogP contribution in [0.1, 0.15) is 10.6 Å². The van der Waals surface area contributed by atoms with Gasteiger partial charge < -0.3 is 10.5 Å². The van der Waals surface area contributed by atoms with E-state index in [1.165, 1.54) is 11.3 Å². The number of rotatable bonds is 4. The maximum Gasteiger partial charge on any atom is 0.294 e. The molecular weight excluding hydrogens is 246 g/mol. The van der Waals surface area contributed by atoms with E-state index in [1.54, 1.807) is 0 Å². The first-order valence-corrected chi connectivity index (χ1v) is 5.87. The van der Waals surface area contributed by atoms with Crippen molar-refractivity contribution < 1.29 is 4.74 Å². The highest BCUT2D eigenvalue weighted by atomic mass is 35.5. The zero-order valence-corrected chi connectivity index (χ0v) is 9.96. The molecule has 0 saturated carbocycles. The SMILES string of the molecule is NCc1nnc(OCc2ccccc2Cl)s1. The summed E-state index contributed by atoms with van der Waals surface area (Å²) >= 11 is 7.34. The molecule has 4 nitrogen and oxygen atoms in total. The molecule has 0 unspecified atom stereocenters. The average molecular weight is 256 g/mol. The van der Waals surface area contributed by atoms with Crippen LogP contribution in [0.4, 0.5) is 0 Å². The third-order valence-corrected chi connectivity index (χ3v) is 3.16. The van der Waals surface area contributed by atoms with Crippen molar-refractivity contribution in [3.05, 3.63) is 39.9 Å². The van der Waals surface area contributed by atoms with Crippen LogP contribution in [0.15, 0.2) is 24.3 Å². The van der Waals surface area contributed by atoms with Crippen LogP contribution in [-0.2, 0) is 13.2 Å². The Labute approximate surface area is 102 Å². The van der Waals surface area contributed by atoms with Crippen LogP contribution in [0.5, 0.6) is 5.19 Å². The van der Waals surface area contributed by atoms with Crippen LogP contribution in [0, 0.1) is 0 Å². The van der Waals surface area contributed by atoms with Gasteiger partial charge in [-0.3, -0.25) is 0 Å². The van der Waals surface area contributed by atoms with E-state index in [2.05, 4.69) is 10.2 Å². The Bertz CT molecular complexity index is 475. The van der Waals surface area contributed by atoms with Gasteiger partial charge in [0.05, 0.1) is 0 Å². The summed E-state index contributed by atoms with van der Waals surface area (Å²) in [7, 11) is 0. The molecule has 0 amide bonds. The number of nitrogens with two attached hydrogens (primary N) is 1. The van der Waals surface area contributed by atoms with Gasteiger partial charge in [-0.1, -0.05) is 46.2 Å². The normalized spacial score (nSPS) is 10.4. The Balaban J connectivity index is 1.99. The summed E-state index contributed by atoms with van der Waals surface area (Å²) in [4.78, 5) is 0. The van der Waals surface area contributed by atoms with Crippen LogP contribution >= 0.6 is 22.9 Å². The minimum Gasteiger partial charge on any atom is -0.464 e. The van der Waals surface area contributed by atoms with E-state index in [4.69, 9.17) is 22.1 Å². The number of halogens is 1. The van der Waals surface area contributed by atoms with E-state index in [0.717, 1.165) is 10.6 Å². The zero-order valence-electron chi connectivity index (χ0n) is 8.39. The minimum absolute atomic E-state index is 0.382. The Hall–Kier alpha value is -1.17. The second-order valence-electron chi connectivity index (χ2n) is 3.05. The highest BCUT2D eigenvalue weighted by Gasteiger charge is 2.05. The molecule has 0 aliphatic rings. The van der Waals surface area contributed by atoms with Crippen molar-refractivity contribution in [1.82, 2.24) is 10.2 Å². The molecule has 0 fully saturated rings. The minimum atomic E-state index is 0.382. The smallest absolute Gasteiger partial charge is 0.294 e. The fourth-order valence-electron chi connectivity index (χ4n) is 1.13. The summed E-state index contributed by atoms with van der Waals surface area (Å²) in [6.45, 7) is 0.770. The van der Waals surface area contributed by atoms with Gasteiger partial charge in [-0.2, -0.15) is 0 Å². The van der Waals surface area contributed by atoms with Crippen LogP contribution in [-0.4, -0.2) is 10.2 Å². The van der Waals surface area contributed by atoms with Crippen molar-refractivity contribution in [1.29, 1.82) is 0 Å². The van der Waals surface area contributed by atoms with E-state index >= 15 is 0 Å². The lowest BCUT2D eigenvalue weighted by Crippen LogP contribution is -1.95. The van der Waals surface area contributed by atoms with Crippen LogP contribution in [0.3, 0.4) is 0 Å². The van der Waals surface area contributed by atoms with Crippen molar-refractivity contribution in [2.24, 2.45) is 5.73 Å². The number of hydrogen-bond acceptors (Lipinski definition) is 5. The third-order valence-electron chi connectivity index (χ3n) is 1.93. The molecule has 0 atom stereocenters. The number of aromatic nitrogens is 2. The molecule has 16 heavy (non-hydrogen) atoms. The van der Waals surface area contributed by atoms with E-state index in [0.29, 0.717) is 23.4 Å². The monoisotopic (exact) mass is 255 g/mol. The summed E-state index contributed by atoms with van der Waals surface area (Å²) < 4.78 is 5.46. The van der Waals surface area contributed by atoms with E-state index in [9.17, 15) is 0 Å². The number of nitrogens with zero attached hydrogens (tertiary/aromatic N) is 2. The maximum atomic E-state index is 5.99. The first-order valence-electron chi connectivity index (χ1n) is 4.68. The largest absolute Gasteiger partial charge is 0.464 e. The van der Waals surface area contributed by atoms with Crippen molar-refractivity contribution in [3.8, 4) is 5.19 Å². The topological polar surface area (TPSA) is 61.0 Å². The molecule has 0 saturated heterocycles. The standard InChI is InChI=1S/C10H10ClN3OS/c11-8-4-2-1-3-7(8)6-15-10-14-13-9(5-12)16-10/h1-4H,5-6,12H2. The molecular formula is C10H10ClN3OS. The van der Waals surface area contributed by atoms with Gasteiger partial charge in [-0.15, -0.1) is 5.10 Å². The van der Waals surface area contributed by atoms with Gasteiger partial charge in [0.1, 0.15) is 11.6 Å². The first-order chi connectivity index (χ1) is 7.79. The molecule has 2 aromatic rings. The van der Waals surface area contributed by atoms with Crippen molar-refractivity contribution in [3.63, 3.8) is 0 Å². The Morgan fingerprint density at radius 2 is 2.12 bits per heavy atom. The molecule has 1 heterocycles. The van der Waals surface area contributed by atoms with Crippen LogP contribution in [0.25, 0.3) is 0 Å². The molecule has 1 aromatic carbocycles. The van der Waals surface area contributed by atoms with Gasteiger partial charge in [-0.25, -0.2) is 0 Å². The molecule has 1 aromatic heterocycles. The van der Waals surface area contributed by atoms with E-state index in [-0.39, 0.29) is 0 Å². The highest BCUT2D eigenvalue weighted by Crippen LogP contribution is 2.21. The quantitative estimate of drug-likeness (QED) is 0.910. The van der Waals surface area contributed by atoms with Crippen LogP contribution in [0.2, 0.25) is 5.02 Å². The molecule has 0 aliphatic heterocycles. The van der Waals surface area contributed by atoms with Crippen LogP contribution < -0.4 is 10.5 Å². The van der Waals surface area contributed by atoms with Gasteiger partial charge in [0.25, 0.3) is 5.19 Å². The van der Waals surface area contributed by atoms with Gasteiger partial charge in [0.15, 0.2) is 0 Å². The summed E-state index contributed by atoms with van der Waals surface area (Å²) in [5.74, 6) is 0. The molecule has 0 spiro atoms. The number of hydrogen-bond donors (Lipinski definition) is 1. The molecule has 6 heteroatoms. The summed E-state index contributed by atoms with van der Waals surface area (Å²) in [6, 6.07) is 7.53. The number of ether oxygens (including phenoxy) is 1. The Morgan fingerprint density at radius 1 is 1.31 bits per heavy atom. The zero-order chi connectivity index (χ0) is 11.4. The second-order valence-corrected chi connectivity index (χ2v) is 4.48. The summed E-state index contributed by atoms with van der Waals surface area (Å²) in [6.07, 6.45) is 0. The third kappa shape index (κ3) is 2.69. The molecule has 84 valence electrons. The van der Waals surface area contributed by atoms with Gasteiger partial charge in [-0.05, 0) is 6.07 Å². The van der Waals surface area contributed by atoms with Crippen molar-refractivity contribution in [2.75, 3.05) is 0 Å². The molecule has 2 rings (SSSR count). The first kappa shape index (κ1) is 11.3. The predicted molar refractivity (Wildman–Crippen MR) is 63.6 cm³/mol. The number of benzene rings is 1. The van der Waals surface area contributed by atoms with Gasteiger partial charge >= 0.3 is 0 Å². The lowest BCUT2D eigenvalue weighted by molar-refractivity contribution is 0.302. The Kier molecular flexibility index (Phi) is 3.71. The highest BCUT2D eigenvalue weighted by molar-refractivity contribution is 7.13. The summed E-state index contributed by atoms with van der Waals surface area (Å²) in [5.41, 5.74) is 6.35. The lowest BCUT2D eigenvalue weighted by Gasteiger charge is -2.03. The summed E-state index contributed by atoms with van der Waals surface area (Å²) in [5, 5.41) is 9.67.